The molecule has 0 saturated carbocycles. The third-order valence-corrected chi connectivity index (χ3v) is 18.0. The Hall–Kier alpha value is -4.80. The highest BCUT2D eigenvalue weighted by atomic mass is 31.2. The van der Waals surface area contributed by atoms with Crippen molar-refractivity contribution in [3.63, 3.8) is 0 Å². The van der Waals surface area contributed by atoms with E-state index in [9.17, 15) is 43.2 Å². The highest BCUT2D eigenvalue weighted by molar-refractivity contribution is 7.47. The van der Waals surface area contributed by atoms with Crippen LogP contribution in [0.2, 0.25) is 0 Å². The molecule has 0 heterocycles. The fraction of sp³-hybridized carbons (Fsp3) is 0.687. The van der Waals surface area contributed by atoms with E-state index in [-0.39, 0.29) is 25.7 Å². The Morgan fingerprint density at radius 1 is 0.284 bits per heavy atom. The van der Waals surface area contributed by atoms with E-state index in [1.54, 1.807) is 0 Å². The second kappa shape index (κ2) is 74.5. The van der Waals surface area contributed by atoms with Crippen LogP contribution in [0.3, 0.4) is 0 Å². The summed E-state index contributed by atoms with van der Waals surface area (Å²) in [7, 11) is -9.98. The summed E-state index contributed by atoms with van der Waals surface area (Å²) in [6.45, 7) is 4.50. The average Bonchev–Trinajstić information content (AvgIpc) is 0.924. The van der Waals surface area contributed by atoms with Gasteiger partial charge in [-0.3, -0.25) is 37.3 Å². The SMILES string of the molecule is CC/C=C\C/C=C\C/C=C\C/C=C\C/C=C\CCCCCC(=O)OCC(COP(=O)(O)OCC(O)COP(=O)(O)OCC(COC(=O)CCCCCCC/C=C\C/C=C\C/C=C\CC)OC(=O)CCCCCCC/C=C\C/C=C\CCC)OC(=O)CCCCCCC/C=C\CCCCCCCC. The largest absolute Gasteiger partial charge is 0.472 e. The first-order chi connectivity index (χ1) is 49.7. The van der Waals surface area contributed by atoms with E-state index in [1.807, 2.05) is 0 Å². The lowest BCUT2D eigenvalue weighted by Gasteiger charge is -2.21. The predicted molar refractivity (Wildman–Crippen MR) is 418 cm³/mol. The van der Waals surface area contributed by atoms with Gasteiger partial charge in [-0.05, 0) is 154 Å². The van der Waals surface area contributed by atoms with Gasteiger partial charge in [0.1, 0.15) is 19.3 Å². The van der Waals surface area contributed by atoms with Crippen LogP contribution in [0.5, 0.6) is 0 Å². The van der Waals surface area contributed by atoms with Crippen molar-refractivity contribution < 1.29 is 80.2 Å². The Kier molecular flexibility index (Phi) is 71.0. The Bertz CT molecular complexity index is 2460. The molecular weight excluding hydrogens is 1330 g/mol. The number of aliphatic hydroxyl groups excluding tert-OH is 1. The number of hydrogen-bond acceptors (Lipinski definition) is 15. The van der Waals surface area contributed by atoms with Gasteiger partial charge >= 0.3 is 39.5 Å². The Morgan fingerprint density at radius 2 is 0.529 bits per heavy atom. The molecule has 0 aromatic heterocycles. The first-order valence-electron chi connectivity index (χ1n) is 39.4. The Morgan fingerprint density at radius 3 is 0.843 bits per heavy atom. The van der Waals surface area contributed by atoms with E-state index in [2.05, 4.69) is 161 Å². The molecule has 102 heavy (non-hydrogen) atoms. The molecule has 0 aromatic rings. The van der Waals surface area contributed by atoms with Gasteiger partial charge in [-0.15, -0.1) is 0 Å². The molecule has 0 aliphatic heterocycles. The molecule has 0 aliphatic rings. The van der Waals surface area contributed by atoms with Crippen molar-refractivity contribution in [2.45, 2.75) is 329 Å². The van der Waals surface area contributed by atoms with Crippen molar-refractivity contribution in [2.75, 3.05) is 39.6 Å². The van der Waals surface area contributed by atoms with E-state index < -0.39 is 97.5 Å². The van der Waals surface area contributed by atoms with Gasteiger partial charge in [0, 0.05) is 25.7 Å². The number of phosphoric ester groups is 2. The summed E-state index contributed by atoms with van der Waals surface area (Å²) in [5.41, 5.74) is 0. The van der Waals surface area contributed by atoms with Crippen molar-refractivity contribution >= 4 is 39.5 Å². The van der Waals surface area contributed by atoms with Crippen molar-refractivity contribution in [2.24, 2.45) is 0 Å². The standard InChI is InChI=1S/C83H140O17P2/c1-5-9-13-17-21-25-29-33-36-37-38-39-42-45-48-52-56-60-64-68-81(86)94-74-79(100-83(88)70-66-62-58-54-50-46-41-35-31-27-23-19-15-11-7-3)76-98-102(91,92)96-72-77(84)71-95-101(89,90)97-75-78(99-82(87)69-65-61-57-53-49-43-32-28-24-20-16-12-8-4)73-93-80(85)67-63-59-55-51-47-44-40-34-30-26-22-18-14-10-6-2/h9-10,13-14,16,20-22,25-26,28,32-36,38-41,45,48,77-79,84H,5-8,11-12,15,17-19,23-24,27,29-31,37,42-44,46-47,49-76H2,1-4H3,(H,89,90)(H,91,92)/b13-9-,14-10-,20-16-,25-21-,26-22-,32-28-,36-33-,39-38-,40-34-,41-35-,48-45-. The van der Waals surface area contributed by atoms with Gasteiger partial charge < -0.3 is 33.8 Å². The zero-order chi connectivity index (χ0) is 74.6. The monoisotopic (exact) mass is 1470 g/mol. The molecule has 0 bridgehead atoms. The number of aliphatic hydroxyl groups is 1. The second-order valence-corrected chi connectivity index (χ2v) is 28.8. The summed E-state index contributed by atoms with van der Waals surface area (Å²) < 4.78 is 68.5. The van der Waals surface area contributed by atoms with Gasteiger partial charge in [-0.25, -0.2) is 9.13 Å². The molecule has 0 amide bonds. The lowest BCUT2D eigenvalue weighted by atomic mass is 10.1. The van der Waals surface area contributed by atoms with Crippen LogP contribution in [0.15, 0.2) is 134 Å². The van der Waals surface area contributed by atoms with E-state index in [0.717, 1.165) is 193 Å². The minimum atomic E-state index is -4.99. The van der Waals surface area contributed by atoms with Gasteiger partial charge in [0.15, 0.2) is 12.2 Å². The van der Waals surface area contributed by atoms with E-state index in [1.165, 1.54) is 38.5 Å². The molecule has 0 aliphatic carbocycles. The number of hydrogen-bond donors (Lipinski definition) is 3. The molecule has 5 atom stereocenters. The normalized spacial score (nSPS) is 14.6. The minimum Gasteiger partial charge on any atom is -0.462 e. The molecule has 0 radical (unpaired) electrons. The highest BCUT2D eigenvalue weighted by Crippen LogP contribution is 2.45. The topological polar surface area (TPSA) is 237 Å². The van der Waals surface area contributed by atoms with Gasteiger partial charge in [-0.1, -0.05) is 264 Å². The molecule has 19 heteroatoms. The molecule has 0 fully saturated rings. The zero-order valence-electron chi connectivity index (χ0n) is 63.7. The van der Waals surface area contributed by atoms with Crippen LogP contribution >= 0.6 is 15.6 Å². The summed E-state index contributed by atoms with van der Waals surface area (Å²) in [6.07, 6.45) is 82.9. The Balaban J connectivity index is 5.41. The minimum absolute atomic E-state index is 0.0713. The lowest BCUT2D eigenvalue weighted by molar-refractivity contribution is -0.161. The number of carbonyl (C=O) groups excluding carboxylic acids is 4. The number of carbonyl (C=O) groups is 4. The van der Waals surface area contributed by atoms with E-state index >= 15 is 0 Å². The number of unbranched alkanes of at least 4 members (excludes halogenated alkanes) is 25. The van der Waals surface area contributed by atoms with Crippen molar-refractivity contribution in [3.05, 3.63) is 134 Å². The van der Waals surface area contributed by atoms with E-state index in [0.29, 0.717) is 25.7 Å². The van der Waals surface area contributed by atoms with Crippen LogP contribution < -0.4 is 0 Å². The molecule has 0 aromatic carbocycles. The number of phosphoric acid groups is 2. The van der Waals surface area contributed by atoms with Crippen molar-refractivity contribution in [1.29, 1.82) is 0 Å². The maximum atomic E-state index is 13.1. The summed E-state index contributed by atoms with van der Waals surface area (Å²) in [6, 6.07) is 0. The molecule has 584 valence electrons. The number of ether oxygens (including phenoxy) is 4. The van der Waals surface area contributed by atoms with Crippen LogP contribution in [0, 0.1) is 0 Å². The van der Waals surface area contributed by atoms with Gasteiger partial charge in [0.2, 0.25) is 0 Å². The third kappa shape index (κ3) is 73.5. The van der Waals surface area contributed by atoms with Crippen LogP contribution in [-0.2, 0) is 65.4 Å². The average molecular weight is 1470 g/mol. The molecular formula is C83H140O17P2. The van der Waals surface area contributed by atoms with Crippen LogP contribution in [-0.4, -0.2) is 96.7 Å². The van der Waals surface area contributed by atoms with Gasteiger partial charge in [0.25, 0.3) is 0 Å². The first-order valence-corrected chi connectivity index (χ1v) is 42.4. The van der Waals surface area contributed by atoms with Crippen LogP contribution in [0.1, 0.15) is 310 Å². The number of rotatable bonds is 73. The van der Waals surface area contributed by atoms with Crippen LogP contribution in [0.4, 0.5) is 0 Å². The van der Waals surface area contributed by atoms with E-state index in [4.69, 9.17) is 37.0 Å². The van der Waals surface area contributed by atoms with Crippen LogP contribution in [0.25, 0.3) is 0 Å². The maximum absolute atomic E-state index is 13.1. The molecule has 0 spiro atoms. The predicted octanol–water partition coefficient (Wildman–Crippen LogP) is 22.9. The van der Waals surface area contributed by atoms with Gasteiger partial charge in [-0.2, -0.15) is 0 Å². The molecule has 0 rings (SSSR count). The third-order valence-electron chi connectivity index (χ3n) is 16.1. The summed E-state index contributed by atoms with van der Waals surface area (Å²) >= 11 is 0. The maximum Gasteiger partial charge on any atom is 0.472 e. The Labute approximate surface area is 618 Å². The quantitative estimate of drug-likeness (QED) is 0.0169. The highest BCUT2D eigenvalue weighted by Gasteiger charge is 2.30. The fourth-order valence-corrected chi connectivity index (χ4v) is 11.7. The van der Waals surface area contributed by atoms with Crippen molar-refractivity contribution in [3.8, 4) is 0 Å². The summed E-state index contributed by atoms with van der Waals surface area (Å²) in [5.74, 6) is -2.25. The van der Waals surface area contributed by atoms with Gasteiger partial charge in [0.05, 0.1) is 26.4 Å². The zero-order valence-corrected chi connectivity index (χ0v) is 65.5. The number of allylic oxidation sites excluding steroid dienone is 22. The summed E-state index contributed by atoms with van der Waals surface area (Å²) in [5, 5.41) is 10.6. The smallest absolute Gasteiger partial charge is 0.462 e. The molecule has 0 saturated heterocycles. The summed E-state index contributed by atoms with van der Waals surface area (Å²) in [4.78, 5) is 73.0. The molecule has 3 N–H and O–H groups in total. The molecule has 5 unspecified atom stereocenters. The second-order valence-electron chi connectivity index (χ2n) is 25.9. The first kappa shape index (κ1) is 97.2. The molecule has 17 nitrogen and oxygen atoms in total. The number of esters is 4. The van der Waals surface area contributed by atoms with Crippen molar-refractivity contribution in [1.82, 2.24) is 0 Å². The fourth-order valence-electron chi connectivity index (χ4n) is 10.1. The lowest BCUT2D eigenvalue weighted by Crippen LogP contribution is -2.30.